The summed E-state index contributed by atoms with van der Waals surface area (Å²) in [7, 11) is 8.69. The minimum absolute atomic E-state index is 0.00678. The van der Waals surface area contributed by atoms with Gasteiger partial charge in [0.25, 0.3) is 5.56 Å². The molecule has 0 aliphatic carbocycles. The van der Waals surface area contributed by atoms with Gasteiger partial charge in [0.1, 0.15) is 5.75 Å². The maximum Gasteiger partial charge on any atom is 0.265 e. The lowest BCUT2D eigenvalue weighted by molar-refractivity contribution is 0.306. The first kappa shape index (κ1) is 25.8. The van der Waals surface area contributed by atoms with E-state index in [1.165, 1.54) is 11.7 Å². The summed E-state index contributed by atoms with van der Waals surface area (Å²) in [6.07, 6.45) is 1.63. The predicted octanol–water partition coefficient (Wildman–Crippen LogP) is 4.44. The monoisotopic (exact) mass is 501 g/mol. The molecule has 1 atom stereocenters. The van der Waals surface area contributed by atoms with Crippen molar-refractivity contribution in [2.45, 2.75) is 6.04 Å². The fourth-order valence-electron chi connectivity index (χ4n) is 4.33. The van der Waals surface area contributed by atoms with Crippen LogP contribution in [0.15, 0.2) is 76.5 Å². The Morgan fingerprint density at radius 1 is 0.919 bits per heavy atom. The van der Waals surface area contributed by atoms with Crippen molar-refractivity contribution < 1.29 is 19.3 Å². The molecule has 0 bridgehead atoms. The van der Waals surface area contributed by atoms with Gasteiger partial charge >= 0.3 is 0 Å². The van der Waals surface area contributed by atoms with E-state index in [0.717, 1.165) is 11.3 Å². The average molecular weight is 502 g/mol. The Kier molecular flexibility index (Phi) is 7.79. The quantitative estimate of drug-likeness (QED) is 0.341. The van der Waals surface area contributed by atoms with Crippen molar-refractivity contribution in [3.8, 4) is 28.8 Å². The highest BCUT2D eigenvalue weighted by Crippen LogP contribution is 2.32. The molecule has 0 aliphatic rings. The van der Waals surface area contributed by atoms with E-state index in [2.05, 4.69) is 4.90 Å². The zero-order valence-corrected chi connectivity index (χ0v) is 21.6. The lowest BCUT2D eigenvalue weighted by atomic mass is 10.1. The number of benzene rings is 3. The molecular weight excluding hydrogens is 470 g/mol. The summed E-state index contributed by atoms with van der Waals surface area (Å²) in [5.74, 6) is 1.56. The maximum atomic E-state index is 13.4. The number of methoxy groups -OCH3 is 3. The van der Waals surface area contributed by atoms with Gasteiger partial charge in [0.2, 0.25) is 5.88 Å². The molecular formula is C29H31N3O5. The lowest BCUT2D eigenvalue weighted by Gasteiger charge is -2.23. The molecule has 0 aliphatic heterocycles. The van der Waals surface area contributed by atoms with Gasteiger partial charge in [-0.1, -0.05) is 30.3 Å². The van der Waals surface area contributed by atoms with Gasteiger partial charge in [-0.25, -0.2) is 4.57 Å². The molecule has 0 amide bonds. The minimum atomic E-state index is -0.345. The zero-order chi connectivity index (χ0) is 26.5. The van der Waals surface area contributed by atoms with Gasteiger partial charge in [0.15, 0.2) is 11.5 Å². The third kappa shape index (κ3) is 5.15. The minimum Gasteiger partial charge on any atom is -0.497 e. The number of nitrogens with zero attached hydrogens (tertiary/aromatic N) is 3. The average Bonchev–Trinajstić information content (AvgIpc) is 2.92. The third-order valence-corrected chi connectivity index (χ3v) is 6.35. The summed E-state index contributed by atoms with van der Waals surface area (Å²) in [4.78, 5) is 20.2. The third-order valence-electron chi connectivity index (χ3n) is 6.35. The van der Waals surface area contributed by atoms with Crippen LogP contribution in [0, 0.1) is 0 Å². The van der Waals surface area contributed by atoms with E-state index in [1.54, 1.807) is 50.8 Å². The van der Waals surface area contributed by atoms with Crippen LogP contribution in [0.5, 0.6) is 23.1 Å². The number of aromatic hydroxyl groups is 1. The second-order valence-electron chi connectivity index (χ2n) is 8.71. The Morgan fingerprint density at radius 3 is 2.22 bits per heavy atom. The normalized spacial score (nSPS) is 12.3. The summed E-state index contributed by atoms with van der Waals surface area (Å²) in [6.45, 7) is 0.447. The second kappa shape index (κ2) is 11.2. The molecule has 8 heteroatoms. The number of pyridine rings is 1. The highest BCUT2D eigenvalue weighted by atomic mass is 16.5. The van der Waals surface area contributed by atoms with Crippen LogP contribution in [-0.4, -0.2) is 62.8 Å². The summed E-state index contributed by atoms with van der Waals surface area (Å²) >= 11 is 0. The van der Waals surface area contributed by atoms with Gasteiger partial charge in [0, 0.05) is 23.1 Å². The summed E-state index contributed by atoms with van der Waals surface area (Å²) < 4.78 is 17.3. The van der Waals surface area contributed by atoms with Gasteiger partial charge in [-0.05, 0) is 50.0 Å². The predicted molar refractivity (Wildman–Crippen MR) is 146 cm³/mol. The van der Waals surface area contributed by atoms with E-state index in [9.17, 15) is 9.90 Å². The van der Waals surface area contributed by atoms with Crippen LogP contribution in [-0.2, 0) is 0 Å². The number of ether oxygens (including phenoxy) is 3. The van der Waals surface area contributed by atoms with E-state index < -0.39 is 0 Å². The molecule has 1 unspecified atom stereocenters. The van der Waals surface area contributed by atoms with Gasteiger partial charge in [-0.3, -0.25) is 9.79 Å². The molecule has 1 N–H and O–H groups in total. The van der Waals surface area contributed by atoms with Crippen LogP contribution >= 0.6 is 0 Å². The molecule has 0 radical (unpaired) electrons. The molecule has 4 rings (SSSR count). The van der Waals surface area contributed by atoms with Crippen LogP contribution in [0.4, 0.5) is 0 Å². The lowest BCUT2D eigenvalue weighted by Crippen LogP contribution is -2.23. The van der Waals surface area contributed by atoms with Crippen LogP contribution in [0.2, 0.25) is 0 Å². The van der Waals surface area contributed by atoms with Crippen LogP contribution in [0.3, 0.4) is 0 Å². The highest BCUT2D eigenvalue weighted by Gasteiger charge is 2.18. The SMILES string of the molecule is COc1ccc(C(CN=Cc2c(O)n(-c3ccc(OC)c(OC)c3)c(=O)c3ccccc23)N(C)C)cc1. The highest BCUT2D eigenvalue weighted by molar-refractivity contribution is 6.01. The molecule has 8 nitrogen and oxygen atoms in total. The molecule has 0 spiro atoms. The second-order valence-corrected chi connectivity index (χ2v) is 8.71. The number of hydrogen-bond donors (Lipinski definition) is 1. The standard InChI is InChI=1S/C29H31N3O5/c1-31(2)25(19-10-13-21(35-3)14-11-19)18-30-17-24-22-8-6-7-9-23(22)28(33)32(29(24)34)20-12-15-26(36-4)27(16-20)37-5/h6-17,25,34H,18H2,1-5H3. The maximum absolute atomic E-state index is 13.4. The number of rotatable bonds is 9. The Bertz CT molecular complexity index is 1480. The Morgan fingerprint density at radius 2 is 1.59 bits per heavy atom. The first-order valence-corrected chi connectivity index (χ1v) is 11.8. The number of fused-ring (bicyclic) bond motifs is 1. The van der Waals surface area contributed by atoms with Crippen molar-refractivity contribution in [1.29, 1.82) is 0 Å². The van der Waals surface area contributed by atoms with Crippen molar-refractivity contribution >= 4 is 17.0 Å². The largest absolute Gasteiger partial charge is 0.497 e. The number of likely N-dealkylation sites (N-methyl/N-ethyl adjacent to an activating group) is 1. The van der Waals surface area contributed by atoms with Crippen molar-refractivity contribution in [1.82, 2.24) is 9.47 Å². The van der Waals surface area contributed by atoms with Gasteiger partial charge < -0.3 is 24.2 Å². The van der Waals surface area contributed by atoms with Gasteiger partial charge in [-0.2, -0.15) is 0 Å². The van der Waals surface area contributed by atoms with Crippen molar-refractivity contribution in [2.24, 2.45) is 4.99 Å². The van der Waals surface area contributed by atoms with E-state index in [-0.39, 0.29) is 17.5 Å². The molecule has 0 saturated carbocycles. The Hall–Kier alpha value is -4.30. The number of hydrogen-bond acceptors (Lipinski definition) is 7. The molecule has 37 heavy (non-hydrogen) atoms. The summed E-state index contributed by atoms with van der Waals surface area (Å²) in [5, 5.41) is 12.4. The molecule has 3 aromatic carbocycles. The Labute approximate surface area is 216 Å². The molecule has 0 saturated heterocycles. The van der Waals surface area contributed by atoms with Gasteiger partial charge in [-0.15, -0.1) is 0 Å². The molecule has 0 fully saturated rings. The van der Waals surface area contributed by atoms with Gasteiger partial charge in [0.05, 0.1) is 45.2 Å². The van der Waals surface area contributed by atoms with Crippen LogP contribution < -0.4 is 19.8 Å². The molecule has 1 aromatic heterocycles. The van der Waals surface area contributed by atoms with E-state index >= 15 is 0 Å². The van der Waals surface area contributed by atoms with Crippen molar-refractivity contribution in [3.63, 3.8) is 0 Å². The van der Waals surface area contributed by atoms with Crippen LogP contribution in [0.25, 0.3) is 16.5 Å². The van der Waals surface area contributed by atoms with E-state index in [0.29, 0.717) is 40.1 Å². The van der Waals surface area contributed by atoms with Crippen LogP contribution in [0.1, 0.15) is 17.2 Å². The summed E-state index contributed by atoms with van der Waals surface area (Å²) in [6, 6.07) is 20.1. The fraction of sp³-hybridized carbons (Fsp3) is 0.241. The Balaban J connectivity index is 1.78. The first-order valence-electron chi connectivity index (χ1n) is 11.8. The molecule has 192 valence electrons. The van der Waals surface area contributed by atoms with E-state index in [1.807, 2.05) is 50.5 Å². The molecule has 1 heterocycles. The topological polar surface area (TPSA) is 85.5 Å². The fourth-order valence-corrected chi connectivity index (χ4v) is 4.33. The van der Waals surface area contributed by atoms with Crippen molar-refractivity contribution in [2.75, 3.05) is 42.0 Å². The number of aliphatic imine (C=N–C) groups is 1. The summed E-state index contributed by atoms with van der Waals surface area (Å²) in [5.41, 5.74) is 1.65. The first-order chi connectivity index (χ1) is 17.9. The molecule has 4 aromatic rings. The van der Waals surface area contributed by atoms with Crippen molar-refractivity contribution in [3.05, 3.63) is 88.2 Å². The zero-order valence-electron chi connectivity index (χ0n) is 21.6. The number of aromatic nitrogens is 1. The van der Waals surface area contributed by atoms with E-state index in [4.69, 9.17) is 19.2 Å². The smallest absolute Gasteiger partial charge is 0.265 e.